The number of nitrogens with one attached hydrogen (secondary N) is 3. The first kappa shape index (κ1) is 23.2. The maximum absolute atomic E-state index is 12.9. The first-order valence-electron chi connectivity index (χ1n) is 10.8. The summed E-state index contributed by atoms with van der Waals surface area (Å²) < 4.78 is 10.9. The van der Waals surface area contributed by atoms with E-state index in [9.17, 15) is 9.59 Å². The molecule has 32 heavy (non-hydrogen) atoms. The lowest BCUT2D eigenvalue weighted by Gasteiger charge is -2.38. The minimum absolute atomic E-state index is 0.00717. The highest BCUT2D eigenvalue weighted by Crippen LogP contribution is 2.38. The first-order valence-corrected chi connectivity index (χ1v) is 10.8. The number of aryl methyl sites for hydroxylation is 1. The Balaban J connectivity index is 1.83. The summed E-state index contributed by atoms with van der Waals surface area (Å²) in [6, 6.07) is 10.6. The van der Waals surface area contributed by atoms with Gasteiger partial charge in [0.15, 0.2) is 11.5 Å². The van der Waals surface area contributed by atoms with Crippen LogP contribution in [0.1, 0.15) is 36.6 Å². The molecule has 1 atom stereocenters. The highest BCUT2D eigenvalue weighted by Gasteiger charge is 2.32. The van der Waals surface area contributed by atoms with Crippen LogP contribution in [0.15, 0.2) is 36.4 Å². The van der Waals surface area contributed by atoms with E-state index in [-0.39, 0.29) is 30.7 Å². The highest BCUT2D eigenvalue weighted by molar-refractivity contribution is 5.89. The van der Waals surface area contributed by atoms with Gasteiger partial charge in [0, 0.05) is 24.8 Å². The fraction of sp³-hybridized carbons (Fsp3) is 0.417. The zero-order valence-corrected chi connectivity index (χ0v) is 19.3. The molecule has 0 radical (unpaired) electrons. The molecule has 8 nitrogen and oxygen atoms in total. The van der Waals surface area contributed by atoms with Gasteiger partial charge in [-0.05, 0) is 62.6 Å². The number of fused-ring (bicyclic) bond motifs is 1. The lowest BCUT2D eigenvalue weighted by Crippen LogP contribution is -2.50. The van der Waals surface area contributed by atoms with Gasteiger partial charge in [-0.25, -0.2) is 9.59 Å². The summed E-state index contributed by atoms with van der Waals surface area (Å²) in [5.74, 6) is 1.24. The molecule has 2 aromatic carbocycles. The number of nitrogens with zero attached hydrogens (tertiary/aromatic N) is 1. The van der Waals surface area contributed by atoms with E-state index in [1.165, 1.54) is 0 Å². The van der Waals surface area contributed by atoms with Crippen molar-refractivity contribution in [3.05, 3.63) is 53.1 Å². The zero-order valence-electron chi connectivity index (χ0n) is 19.3. The molecule has 0 bridgehead atoms. The van der Waals surface area contributed by atoms with E-state index in [4.69, 9.17) is 9.47 Å². The summed E-state index contributed by atoms with van der Waals surface area (Å²) in [4.78, 5) is 27.2. The standard InChI is InChI=1S/C24H32N4O4/c1-15(2)26-24(30)28-11-10-17-12-21(31-4)22(32-5)13-19(17)20(28)14-25-23(29)27-18-8-6-16(3)7-9-18/h6-9,12-13,15,20H,10-11,14H2,1-5H3,(H,26,30)(H2,25,27,29)/t20-/m1/s1. The smallest absolute Gasteiger partial charge is 0.319 e. The summed E-state index contributed by atoms with van der Waals surface area (Å²) in [6.45, 7) is 6.63. The first-order chi connectivity index (χ1) is 15.3. The second-order valence-electron chi connectivity index (χ2n) is 8.17. The fourth-order valence-corrected chi connectivity index (χ4v) is 3.82. The molecule has 0 saturated carbocycles. The molecule has 2 aromatic rings. The molecule has 4 amide bonds. The number of methoxy groups -OCH3 is 2. The predicted octanol–water partition coefficient (Wildman–Crippen LogP) is 3.85. The van der Waals surface area contributed by atoms with Gasteiger partial charge in [0.05, 0.1) is 20.3 Å². The number of hydrogen-bond donors (Lipinski definition) is 3. The second-order valence-corrected chi connectivity index (χ2v) is 8.17. The molecule has 1 aliphatic rings. The lowest BCUT2D eigenvalue weighted by atomic mass is 9.92. The maximum atomic E-state index is 12.9. The van der Waals surface area contributed by atoms with Crippen molar-refractivity contribution in [2.75, 3.05) is 32.6 Å². The molecular weight excluding hydrogens is 408 g/mol. The van der Waals surface area contributed by atoms with Gasteiger partial charge in [-0.2, -0.15) is 0 Å². The Morgan fingerprint density at radius 3 is 2.38 bits per heavy atom. The van der Waals surface area contributed by atoms with Gasteiger partial charge in [0.1, 0.15) is 0 Å². The molecule has 0 aliphatic carbocycles. The number of rotatable bonds is 6. The minimum Gasteiger partial charge on any atom is -0.493 e. The van der Waals surface area contributed by atoms with Crippen LogP contribution < -0.4 is 25.4 Å². The molecule has 0 unspecified atom stereocenters. The van der Waals surface area contributed by atoms with E-state index in [1.54, 1.807) is 19.1 Å². The Labute approximate surface area is 189 Å². The summed E-state index contributed by atoms with van der Waals surface area (Å²) in [5, 5.41) is 8.71. The van der Waals surface area contributed by atoms with Gasteiger partial charge >= 0.3 is 12.1 Å². The Morgan fingerprint density at radius 1 is 1.09 bits per heavy atom. The van der Waals surface area contributed by atoms with Crippen molar-refractivity contribution in [3.8, 4) is 11.5 Å². The van der Waals surface area contributed by atoms with Crippen molar-refractivity contribution in [2.45, 2.75) is 39.3 Å². The summed E-state index contributed by atoms with van der Waals surface area (Å²) >= 11 is 0. The Hall–Kier alpha value is -3.42. The molecule has 1 heterocycles. The van der Waals surface area contributed by atoms with Crippen molar-refractivity contribution in [2.24, 2.45) is 0 Å². The van der Waals surface area contributed by atoms with Crippen molar-refractivity contribution in [1.82, 2.24) is 15.5 Å². The van der Waals surface area contributed by atoms with Gasteiger partial charge < -0.3 is 30.3 Å². The Kier molecular flexibility index (Phi) is 7.45. The molecule has 8 heteroatoms. The summed E-state index contributed by atoms with van der Waals surface area (Å²) in [6.07, 6.45) is 0.688. The van der Waals surface area contributed by atoms with Crippen molar-refractivity contribution in [3.63, 3.8) is 0 Å². The van der Waals surface area contributed by atoms with Crippen molar-refractivity contribution < 1.29 is 19.1 Å². The van der Waals surface area contributed by atoms with Gasteiger partial charge in [-0.3, -0.25) is 0 Å². The molecule has 0 saturated heterocycles. The van der Waals surface area contributed by atoms with Gasteiger partial charge in [0.25, 0.3) is 0 Å². The van der Waals surface area contributed by atoms with Crippen molar-refractivity contribution in [1.29, 1.82) is 0 Å². The number of hydrogen-bond acceptors (Lipinski definition) is 4. The molecule has 3 N–H and O–H groups in total. The average Bonchev–Trinajstić information content (AvgIpc) is 2.77. The van der Waals surface area contributed by atoms with Crippen LogP contribution in [0.25, 0.3) is 0 Å². The quantitative estimate of drug-likeness (QED) is 0.636. The summed E-state index contributed by atoms with van der Waals surface area (Å²) in [5.41, 5.74) is 3.83. The summed E-state index contributed by atoms with van der Waals surface area (Å²) in [7, 11) is 3.18. The second kappa shape index (κ2) is 10.3. The number of benzene rings is 2. The van der Waals surface area contributed by atoms with Crippen LogP contribution in [0.3, 0.4) is 0 Å². The van der Waals surface area contributed by atoms with Crippen LogP contribution in [-0.4, -0.2) is 50.3 Å². The van der Waals surface area contributed by atoms with Crippen LogP contribution in [-0.2, 0) is 6.42 Å². The fourth-order valence-electron chi connectivity index (χ4n) is 3.82. The predicted molar refractivity (Wildman–Crippen MR) is 125 cm³/mol. The molecule has 3 rings (SSSR count). The van der Waals surface area contributed by atoms with E-state index in [0.717, 1.165) is 16.7 Å². The largest absolute Gasteiger partial charge is 0.493 e. The minimum atomic E-state index is -0.346. The van der Waals surface area contributed by atoms with Crippen LogP contribution in [0.2, 0.25) is 0 Å². The lowest BCUT2D eigenvalue weighted by molar-refractivity contribution is 0.165. The molecule has 0 aromatic heterocycles. The van der Waals surface area contributed by atoms with E-state index >= 15 is 0 Å². The van der Waals surface area contributed by atoms with Crippen LogP contribution in [0, 0.1) is 6.92 Å². The number of ether oxygens (including phenoxy) is 2. The molecule has 172 valence electrons. The van der Waals surface area contributed by atoms with E-state index in [1.807, 2.05) is 57.2 Å². The van der Waals surface area contributed by atoms with Crippen molar-refractivity contribution >= 4 is 17.7 Å². The third-order valence-corrected chi connectivity index (χ3v) is 5.44. The molecule has 0 spiro atoms. The van der Waals surface area contributed by atoms with Gasteiger partial charge in [-0.15, -0.1) is 0 Å². The van der Waals surface area contributed by atoms with Gasteiger partial charge in [0.2, 0.25) is 0 Å². The monoisotopic (exact) mass is 440 g/mol. The number of carbonyl (C=O) groups is 2. The highest BCUT2D eigenvalue weighted by atomic mass is 16.5. The number of amides is 4. The third-order valence-electron chi connectivity index (χ3n) is 5.44. The number of carbonyl (C=O) groups excluding carboxylic acids is 2. The Morgan fingerprint density at radius 2 is 1.75 bits per heavy atom. The van der Waals surface area contributed by atoms with E-state index < -0.39 is 0 Å². The molecule has 1 aliphatic heterocycles. The van der Waals surface area contributed by atoms with E-state index in [0.29, 0.717) is 30.2 Å². The molecular formula is C24H32N4O4. The SMILES string of the molecule is COc1cc2c(cc1OC)[C@@H](CNC(=O)Nc1ccc(C)cc1)N(C(=O)NC(C)C)CC2. The van der Waals surface area contributed by atoms with Crippen LogP contribution >= 0.6 is 0 Å². The number of anilines is 1. The molecule has 0 fully saturated rings. The normalized spacial score (nSPS) is 15.1. The Bertz CT molecular complexity index is 959. The zero-order chi connectivity index (χ0) is 23.3. The van der Waals surface area contributed by atoms with Gasteiger partial charge in [-0.1, -0.05) is 17.7 Å². The van der Waals surface area contributed by atoms with Crippen LogP contribution in [0.4, 0.5) is 15.3 Å². The average molecular weight is 441 g/mol. The topological polar surface area (TPSA) is 91.9 Å². The van der Waals surface area contributed by atoms with E-state index in [2.05, 4.69) is 16.0 Å². The maximum Gasteiger partial charge on any atom is 0.319 e. The number of urea groups is 2. The van der Waals surface area contributed by atoms with Crippen LogP contribution in [0.5, 0.6) is 11.5 Å². The third kappa shape index (κ3) is 5.43.